The van der Waals surface area contributed by atoms with Crippen LogP contribution in [0.1, 0.15) is 13.3 Å². The van der Waals surface area contributed by atoms with Gasteiger partial charge in [-0.2, -0.15) is 16.8 Å². The summed E-state index contributed by atoms with van der Waals surface area (Å²) in [7, 11) is -9.42. The van der Waals surface area contributed by atoms with E-state index in [4.69, 9.17) is 9.11 Å². The minimum absolute atomic E-state index is 0. The molecule has 2 N–H and O–H groups in total. The van der Waals surface area contributed by atoms with Crippen molar-refractivity contribution in [1.82, 2.24) is 0 Å². The Morgan fingerprint density at radius 1 is 1.00 bits per heavy atom. The van der Waals surface area contributed by atoms with Crippen molar-refractivity contribution in [3.8, 4) is 5.75 Å². The van der Waals surface area contributed by atoms with Gasteiger partial charge in [-0.15, -0.1) is 0 Å². The average Bonchev–Trinajstić information content (AvgIpc) is 2.44. The molecule has 0 amide bonds. The summed E-state index contributed by atoms with van der Waals surface area (Å²) < 4.78 is 63.3. The van der Waals surface area contributed by atoms with E-state index < -0.39 is 41.7 Å². The van der Waals surface area contributed by atoms with Crippen molar-refractivity contribution in [2.24, 2.45) is 4.99 Å². The Labute approximate surface area is 194 Å². The van der Waals surface area contributed by atoms with Crippen LogP contribution in [0.25, 0.3) is 10.8 Å². The summed E-state index contributed by atoms with van der Waals surface area (Å²) in [6.45, 7) is 1.50. The first-order valence-electron chi connectivity index (χ1n) is 6.42. The van der Waals surface area contributed by atoms with Crippen molar-refractivity contribution in [3.05, 3.63) is 24.3 Å². The summed E-state index contributed by atoms with van der Waals surface area (Å²) in [6.07, 6.45) is -0.0190. The Hall–Kier alpha value is -0.210. The van der Waals surface area contributed by atoms with Gasteiger partial charge in [-0.3, -0.25) is 14.1 Å². The molecule has 2 aromatic rings. The quantitative estimate of drug-likeness (QED) is 0.214. The van der Waals surface area contributed by atoms with Crippen molar-refractivity contribution in [2.75, 3.05) is 0 Å². The standard InChI is InChI=1S/C13H13NO8S2.2Na/c1-2-12(16)14-10-5-8(23(17,18)19)3-7-4-9(24(20,21)22)6-11(15)13(7)10;;/h3-6,15H,2H2,1H3,(H,14,16)(H,17,18,19)(H,20,21,22);;/q;2*+1/p-2. The van der Waals surface area contributed by atoms with Crippen LogP contribution in [0.3, 0.4) is 0 Å². The third-order valence-electron chi connectivity index (χ3n) is 3.08. The molecule has 2 rings (SSSR count). The maximum absolute atomic E-state index is 12.1. The molecule has 0 radical (unpaired) electrons. The molecule has 13 heteroatoms. The van der Waals surface area contributed by atoms with E-state index in [0.29, 0.717) is 6.07 Å². The van der Waals surface area contributed by atoms with Gasteiger partial charge >= 0.3 is 59.1 Å². The second kappa shape index (κ2) is 9.32. The summed E-state index contributed by atoms with van der Waals surface area (Å²) >= 11 is 0. The van der Waals surface area contributed by atoms with E-state index in [9.17, 15) is 27.0 Å². The fourth-order valence-corrected chi connectivity index (χ4v) is 3.07. The van der Waals surface area contributed by atoms with E-state index in [0.717, 1.165) is 18.2 Å². The van der Waals surface area contributed by atoms with Crippen LogP contribution in [0.15, 0.2) is 39.0 Å². The van der Waals surface area contributed by atoms with Crippen molar-refractivity contribution < 1.29 is 95.3 Å². The van der Waals surface area contributed by atoms with Crippen molar-refractivity contribution in [1.29, 1.82) is 0 Å². The first kappa shape index (κ1) is 25.8. The molecule has 0 bridgehead atoms. The van der Waals surface area contributed by atoms with E-state index in [1.165, 1.54) is 6.92 Å². The van der Waals surface area contributed by atoms with Gasteiger partial charge < -0.3 is 10.2 Å². The zero-order chi connectivity index (χ0) is 18.3. The van der Waals surface area contributed by atoms with E-state index >= 15 is 0 Å². The molecule has 0 aromatic heterocycles. The third kappa shape index (κ3) is 5.89. The summed E-state index contributed by atoms with van der Waals surface area (Å²) in [4.78, 5) is 2.18. The minimum Gasteiger partial charge on any atom is -0.872 e. The molecule has 0 heterocycles. The largest absolute Gasteiger partial charge is 1.00 e. The first-order chi connectivity index (χ1) is 10.9. The van der Waals surface area contributed by atoms with Crippen LogP contribution >= 0.6 is 0 Å². The average molecular weight is 419 g/mol. The zero-order valence-electron chi connectivity index (χ0n) is 14.1. The SMILES string of the molecule is CCC([O-])=Nc1cc(S(=O)(=O)O)cc2cc(S(=O)(=O)O)cc([O-])c12.[Na+].[Na+]. The van der Waals surface area contributed by atoms with Gasteiger partial charge in [0.25, 0.3) is 20.2 Å². The molecule has 0 unspecified atom stereocenters. The van der Waals surface area contributed by atoms with Crippen LogP contribution in [-0.4, -0.2) is 31.8 Å². The molecule has 0 atom stereocenters. The second-order valence-electron chi connectivity index (χ2n) is 4.77. The predicted molar refractivity (Wildman–Crippen MR) is 80.4 cm³/mol. The van der Waals surface area contributed by atoms with E-state index in [1.54, 1.807) is 0 Å². The number of rotatable bonds is 4. The Morgan fingerprint density at radius 2 is 1.46 bits per heavy atom. The van der Waals surface area contributed by atoms with Crippen molar-refractivity contribution in [3.63, 3.8) is 0 Å². The van der Waals surface area contributed by atoms with E-state index in [2.05, 4.69) is 4.99 Å². The first-order valence-corrected chi connectivity index (χ1v) is 9.30. The molecule has 26 heavy (non-hydrogen) atoms. The number of aliphatic imine (C=N–C) groups is 1. The van der Waals surface area contributed by atoms with Crippen LogP contribution < -0.4 is 69.3 Å². The van der Waals surface area contributed by atoms with Gasteiger partial charge in [-0.1, -0.05) is 12.7 Å². The molecule has 9 nitrogen and oxygen atoms in total. The van der Waals surface area contributed by atoms with Crippen molar-refractivity contribution in [2.45, 2.75) is 23.1 Å². The summed E-state index contributed by atoms with van der Waals surface area (Å²) in [6, 6.07) is 3.15. The van der Waals surface area contributed by atoms with Crippen molar-refractivity contribution >= 4 is 42.6 Å². The number of fused-ring (bicyclic) bond motifs is 1. The fraction of sp³-hybridized carbons (Fsp3) is 0.154. The Bertz CT molecular complexity index is 1060. The second-order valence-corrected chi connectivity index (χ2v) is 7.61. The molecule has 130 valence electrons. The summed E-state index contributed by atoms with van der Waals surface area (Å²) in [5.41, 5.74) is -0.320. The Balaban J connectivity index is 0.00000312. The van der Waals surface area contributed by atoms with Crippen LogP contribution in [0.2, 0.25) is 0 Å². The molecule has 0 fully saturated rings. The molecule has 0 aliphatic heterocycles. The molecule has 0 spiro atoms. The third-order valence-corrected chi connectivity index (χ3v) is 4.75. The van der Waals surface area contributed by atoms with Gasteiger partial charge in [0.05, 0.1) is 15.5 Å². The Kier molecular flexibility index (Phi) is 9.25. The summed E-state index contributed by atoms with van der Waals surface area (Å²) in [5.74, 6) is -1.54. The van der Waals surface area contributed by atoms with Crippen LogP contribution in [0, 0.1) is 0 Å². The van der Waals surface area contributed by atoms with Crippen LogP contribution in [0.4, 0.5) is 5.69 Å². The van der Waals surface area contributed by atoms with Gasteiger partial charge in [0, 0.05) is 0 Å². The molecule has 0 aliphatic carbocycles. The monoisotopic (exact) mass is 419 g/mol. The normalized spacial score (nSPS) is 12.3. The van der Waals surface area contributed by atoms with Gasteiger partial charge in [-0.05, 0) is 47.4 Å². The van der Waals surface area contributed by atoms with E-state index in [-0.39, 0.29) is 82.0 Å². The van der Waals surface area contributed by atoms with Gasteiger partial charge in [-0.25, -0.2) is 0 Å². The molecule has 0 saturated carbocycles. The van der Waals surface area contributed by atoms with Crippen LogP contribution in [0.5, 0.6) is 5.75 Å². The number of benzene rings is 2. The minimum atomic E-state index is -4.72. The summed E-state index contributed by atoms with van der Waals surface area (Å²) in [5, 5.41) is 23.2. The maximum Gasteiger partial charge on any atom is 1.00 e. The van der Waals surface area contributed by atoms with Gasteiger partial charge in [0.2, 0.25) is 0 Å². The predicted octanol–water partition coefficient (Wildman–Crippen LogP) is -5.78. The topological polar surface area (TPSA) is 167 Å². The van der Waals surface area contributed by atoms with E-state index in [1.807, 2.05) is 0 Å². The molecular formula is C13H11NNa2O8S2. The zero-order valence-corrected chi connectivity index (χ0v) is 19.8. The van der Waals surface area contributed by atoms with Gasteiger partial charge in [0.15, 0.2) is 0 Å². The molecule has 0 aliphatic rings. The fourth-order valence-electron chi connectivity index (χ4n) is 2.00. The number of nitrogens with zero attached hydrogens (tertiary/aromatic N) is 1. The smallest absolute Gasteiger partial charge is 0.872 e. The van der Waals surface area contributed by atoms with Crippen LogP contribution in [-0.2, 0) is 20.2 Å². The van der Waals surface area contributed by atoms with Gasteiger partial charge in [0.1, 0.15) is 0 Å². The molecular weight excluding hydrogens is 408 g/mol. The molecule has 0 saturated heterocycles. The number of hydrogen-bond acceptors (Lipinski definition) is 7. The molecule has 2 aromatic carbocycles. The number of hydrogen-bond donors (Lipinski definition) is 2. The maximum atomic E-state index is 12.1. The Morgan fingerprint density at radius 3 is 1.88 bits per heavy atom.